The molecule has 1 amide bonds. The Morgan fingerprint density at radius 2 is 1.82 bits per heavy atom. The van der Waals surface area contributed by atoms with E-state index in [9.17, 15) is 9.59 Å². The maximum Gasteiger partial charge on any atom is 0.326 e. The summed E-state index contributed by atoms with van der Waals surface area (Å²) in [6, 6.07) is 6.55. The van der Waals surface area contributed by atoms with Gasteiger partial charge in [0, 0.05) is 4.90 Å². The van der Waals surface area contributed by atoms with Crippen LogP contribution in [0.25, 0.3) is 0 Å². The first-order valence-corrected chi connectivity index (χ1v) is 8.05. The van der Waals surface area contributed by atoms with E-state index in [1.54, 1.807) is 14.0 Å². The molecule has 1 aromatic carbocycles. The third-order valence-electron chi connectivity index (χ3n) is 3.06. The standard InChI is InChI=1S/C16H23NO4S/c1-10(2)9-14(16(19)20)17-15(18)11(3)22-13-7-5-12(21-4)6-8-13/h5-8,10-11,14H,9H2,1-4H3,(H,17,18)(H,19,20)/t11?,14-/m0/s1. The Labute approximate surface area is 135 Å². The summed E-state index contributed by atoms with van der Waals surface area (Å²) in [5.41, 5.74) is 0. The minimum Gasteiger partial charge on any atom is -0.497 e. The summed E-state index contributed by atoms with van der Waals surface area (Å²) in [5, 5.41) is 11.4. The van der Waals surface area contributed by atoms with Crippen molar-refractivity contribution >= 4 is 23.6 Å². The molecule has 0 radical (unpaired) electrons. The number of ether oxygens (including phenoxy) is 1. The number of carbonyl (C=O) groups is 2. The van der Waals surface area contributed by atoms with Crippen molar-refractivity contribution in [1.29, 1.82) is 0 Å². The zero-order valence-electron chi connectivity index (χ0n) is 13.3. The highest BCUT2D eigenvalue weighted by Gasteiger charge is 2.24. The molecule has 5 nitrogen and oxygen atoms in total. The number of benzene rings is 1. The van der Waals surface area contributed by atoms with Gasteiger partial charge in [0.1, 0.15) is 11.8 Å². The molecule has 22 heavy (non-hydrogen) atoms. The molecule has 0 saturated heterocycles. The third-order valence-corrected chi connectivity index (χ3v) is 4.18. The maximum absolute atomic E-state index is 12.1. The van der Waals surface area contributed by atoms with E-state index in [0.717, 1.165) is 10.6 Å². The van der Waals surface area contributed by atoms with E-state index in [4.69, 9.17) is 9.84 Å². The molecule has 0 saturated carbocycles. The molecule has 6 heteroatoms. The van der Waals surface area contributed by atoms with Crippen LogP contribution < -0.4 is 10.1 Å². The van der Waals surface area contributed by atoms with Gasteiger partial charge in [-0.15, -0.1) is 11.8 Å². The highest BCUT2D eigenvalue weighted by molar-refractivity contribution is 8.00. The van der Waals surface area contributed by atoms with Gasteiger partial charge in [-0.1, -0.05) is 13.8 Å². The molecule has 1 aromatic rings. The summed E-state index contributed by atoms with van der Waals surface area (Å²) >= 11 is 1.38. The van der Waals surface area contributed by atoms with Gasteiger partial charge < -0.3 is 15.2 Å². The lowest BCUT2D eigenvalue weighted by atomic mass is 10.0. The molecule has 0 bridgehead atoms. The number of hydrogen-bond acceptors (Lipinski definition) is 4. The molecule has 0 aliphatic rings. The second kappa shape index (κ2) is 8.68. The molecule has 0 aliphatic heterocycles. The van der Waals surface area contributed by atoms with Crippen molar-refractivity contribution in [1.82, 2.24) is 5.32 Å². The average molecular weight is 325 g/mol. The van der Waals surface area contributed by atoms with Gasteiger partial charge >= 0.3 is 5.97 Å². The number of aliphatic carboxylic acids is 1. The predicted octanol–water partition coefficient (Wildman–Crippen LogP) is 2.79. The van der Waals surface area contributed by atoms with Gasteiger partial charge in [0.05, 0.1) is 12.4 Å². The molecular weight excluding hydrogens is 302 g/mol. The van der Waals surface area contributed by atoms with Crippen molar-refractivity contribution in [2.75, 3.05) is 7.11 Å². The highest BCUT2D eigenvalue weighted by Crippen LogP contribution is 2.25. The molecule has 122 valence electrons. The summed E-state index contributed by atoms with van der Waals surface area (Å²) in [6.07, 6.45) is 0.418. The molecule has 0 heterocycles. The summed E-state index contributed by atoms with van der Waals surface area (Å²) in [5.74, 6) is -0.312. The Hall–Kier alpha value is -1.69. The van der Waals surface area contributed by atoms with Crippen LogP contribution in [0.1, 0.15) is 27.2 Å². The van der Waals surface area contributed by atoms with Gasteiger partial charge in [0.25, 0.3) is 0 Å². The van der Waals surface area contributed by atoms with Crippen LogP contribution in [0.15, 0.2) is 29.2 Å². The lowest BCUT2D eigenvalue weighted by Gasteiger charge is -2.19. The first kappa shape index (κ1) is 18.4. The molecule has 2 atom stereocenters. The second-order valence-corrected chi connectivity index (χ2v) is 6.88. The predicted molar refractivity (Wildman–Crippen MR) is 87.3 cm³/mol. The van der Waals surface area contributed by atoms with Crippen LogP contribution in [0.2, 0.25) is 0 Å². The van der Waals surface area contributed by atoms with E-state index in [0.29, 0.717) is 6.42 Å². The monoisotopic (exact) mass is 325 g/mol. The minimum atomic E-state index is -0.997. The van der Waals surface area contributed by atoms with Gasteiger partial charge in [-0.3, -0.25) is 4.79 Å². The van der Waals surface area contributed by atoms with Crippen LogP contribution in [0.3, 0.4) is 0 Å². The number of carbonyl (C=O) groups excluding carboxylic acids is 1. The SMILES string of the molecule is COc1ccc(SC(C)C(=O)N[C@@H](CC(C)C)C(=O)O)cc1. The van der Waals surface area contributed by atoms with Crippen molar-refractivity contribution in [3.05, 3.63) is 24.3 Å². The number of hydrogen-bond donors (Lipinski definition) is 2. The van der Waals surface area contributed by atoms with Crippen molar-refractivity contribution in [3.8, 4) is 5.75 Å². The Morgan fingerprint density at radius 3 is 2.27 bits per heavy atom. The number of rotatable bonds is 8. The number of nitrogens with one attached hydrogen (secondary N) is 1. The average Bonchev–Trinajstić information content (AvgIpc) is 2.46. The smallest absolute Gasteiger partial charge is 0.326 e. The summed E-state index contributed by atoms with van der Waals surface area (Å²) in [4.78, 5) is 24.3. The fourth-order valence-electron chi connectivity index (χ4n) is 1.89. The lowest BCUT2D eigenvalue weighted by Crippen LogP contribution is -2.44. The van der Waals surface area contributed by atoms with E-state index in [1.807, 2.05) is 38.1 Å². The Bertz CT molecular complexity index is 501. The zero-order chi connectivity index (χ0) is 16.7. The first-order valence-electron chi connectivity index (χ1n) is 7.17. The van der Waals surface area contributed by atoms with E-state index >= 15 is 0 Å². The normalized spacial score (nSPS) is 13.5. The molecule has 2 N–H and O–H groups in total. The van der Waals surface area contributed by atoms with Crippen LogP contribution in [0.5, 0.6) is 5.75 Å². The fraction of sp³-hybridized carbons (Fsp3) is 0.500. The van der Waals surface area contributed by atoms with Crippen LogP contribution in [-0.2, 0) is 9.59 Å². The molecular formula is C16H23NO4S. The molecule has 0 aliphatic carbocycles. The second-order valence-electron chi connectivity index (χ2n) is 5.46. The Balaban J connectivity index is 2.61. The fourth-order valence-corrected chi connectivity index (χ4v) is 2.77. The topological polar surface area (TPSA) is 75.6 Å². The Morgan fingerprint density at radius 1 is 1.23 bits per heavy atom. The molecule has 1 rings (SSSR count). The van der Waals surface area contributed by atoms with Crippen LogP contribution in [0.4, 0.5) is 0 Å². The third kappa shape index (κ3) is 5.97. The van der Waals surface area contributed by atoms with Gasteiger partial charge in [-0.25, -0.2) is 4.79 Å². The molecule has 0 spiro atoms. The Kier molecular flexibility index (Phi) is 7.24. The summed E-state index contributed by atoms with van der Waals surface area (Å²) in [7, 11) is 1.60. The number of amides is 1. The van der Waals surface area contributed by atoms with Crippen molar-refractivity contribution in [3.63, 3.8) is 0 Å². The van der Waals surface area contributed by atoms with Gasteiger partial charge in [-0.2, -0.15) is 0 Å². The van der Waals surface area contributed by atoms with Crippen LogP contribution in [0, 0.1) is 5.92 Å². The molecule has 1 unspecified atom stereocenters. The van der Waals surface area contributed by atoms with Gasteiger partial charge in [0.15, 0.2) is 0 Å². The first-order chi connectivity index (χ1) is 10.3. The van der Waals surface area contributed by atoms with Crippen molar-refractivity contribution in [2.24, 2.45) is 5.92 Å². The lowest BCUT2D eigenvalue weighted by molar-refractivity contribution is -0.142. The summed E-state index contributed by atoms with van der Waals surface area (Å²) in [6.45, 7) is 5.62. The van der Waals surface area contributed by atoms with E-state index < -0.39 is 12.0 Å². The minimum absolute atomic E-state index is 0.200. The van der Waals surface area contributed by atoms with Crippen LogP contribution >= 0.6 is 11.8 Å². The zero-order valence-corrected chi connectivity index (χ0v) is 14.1. The van der Waals surface area contributed by atoms with Gasteiger partial charge in [-0.05, 0) is 43.5 Å². The number of carboxylic acids is 1. The van der Waals surface area contributed by atoms with Gasteiger partial charge in [0.2, 0.25) is 5.91 Å². The quantitative estimate of drug-likeness (QED) is 0.719. The highest BCUT2D eigenvalue weighted by atomic mass is 32.2. The molecule has 0 fully saturated rings. The van der Waals surface area contributed by atoms with Crippen molar-refractivity contribution < 1.29 is 19.4 Å². The van der Waals surface area contributed by atoms with Crippen molar-refractivity contribution in [2.45, 2.75) is 43.4 Å². The number of methoxy groups -OCH3 is 1. The largest absolute Gasteiger partial charge is 0.497 e. The summed E-state index contributed by atoms with van der Waals surface area (Å²) < 4.78 is 5.08. The van der Waals surface area contributed by atoms with E-state index in [1.165, 1.54) is 11.8 Å². The van der Waals surface area contributed by atoms with E-state index in [-0.39, 0.29) is 17.1 Å². The number of thioether (sulfide) groups is 1. The number of carboxylic acid groups (broad SMARTS) is 1. The van der Waals surface area contributed by atoms with Crippen LogP contribution in [-0.4, -0.2) is 35.4 Å². The molecule has 0 aromatic heterocycles. The maximum atomic E-state index is 12.1. The van der Waals surface area contributed by atoms with E-state index in [2.05, 4.69) is 5.32 Å².